The first kappa shape index (κ1) is 14.1. The lowest BCUT2D eigenvalue weighted by Gasteiger charge is -2.11. The fraction of sp³-hybridized carbons (Fsp3) is 0.400. The van der Waals surface area contributed by atoms with Gasteiger partial charge in [0.1, 0.15) is 0 Å². The molecule has 2 rings (SSSR count). The summed E-state index contributed by atoms with van der Waals surface area (Å²) in [5.41, 5.74) is 2.74. The first-order valence-corrected chi connectivity index (χ1v) is 6.83. The molecule has 0 saturated heterocycles. The molecule has 1 aliphatic heterocycles. The Hall–Kier alpha value is -1.32. The zero-order valence-electron chi connectivity index (χ0n) is 10.9. The van der Waals surface area contributed by atoms with Gasteiger partial charge in [0, 0.05) is 17.0 Å². The smallest absolute Gasteiger partial charge is 0.334 e. The minimum Gasteiger partial charge on any atom is -0.463 e. The molecule has 19 heavy (non-hydrogen) atoms. The molecular formula is C15H17ClO3. The Morgan fingerprint density at radius 3 is 2.63 bits per heavy atom. The maximum Gasteiger partial charge on any atom is 0.334 e. The van der Waals surface area contributed by atoms with Crippen LogP contribution in [0.1, 0.15) is 25.3 Å². The molecule has 1 aromatic carbocycles. The summed E-state index contributed by atoms with van der Waals surface area (Å²) in [5.74, 6) is -0.238. The van der Waals surface area contributed by atoms with Crippen molar-refractivity contribution in [1.82, 2.24) is 0 Å². The maximum absolute atomic E-state index is 12.0. The fourth-order valence-electron chi connectivity index (χ4n) is 2.17. The molecule has 3 nitrogen and oxygen atoms in total. The molecule has 0 N–H and O–H groups in total. The molecule has 0 fully saturated rings. The van der Waals surface area contributed by atoms with Crippen molar-refractivity contribution in [2.45, 2.75) is 19.8 Å². The second-order valence-electron chi connectivity index (χ2n) is 4.30. The second kappa shape index (κ2) is 6.73. The van der Waals surface area contributed by atoms with Crippen molar-refractivity contribution < 1.29 is 14.3 Å². The lowest BCUT2D eigenvalue weighted by Crippen LogP contribution is -2.10. The lowest BCUT2D eigenvalue weighted by molar-refractivity contribution is -0.138. The van der Waals surface area contributed by atoms with Crippen LogP contribution < -0.4 is 0 Å². The Labute approximate surface area is 118 Å². The minimum absolute atomic E-state index is 0.238. The van der Waals surface area contributed by atoms with Crippen LogP contribution in [0.15, 0.2) is 29.8 Å². The van der Waals surface area contributed by atoms with Gasteiger partial charge < -0.3 is 9.47 Å². The molecular weight excluding hydrogens is 264 g/mol. The number of esters is 1. The number of carbonyl (C=O) groups excluding carboxylic acids is 1. The largest absolute Gasteiger partial charge is 0.463 e. The molecule has 0 amide bonds. The summed E-state index contributed by atoms with van der Waals surface area (Å²) < 4.78 is 10.6. The van der Waals surface area contributed by atoms with Gasteiger partial charge in [0.15, 0.2) is 0 Å². The summed E-state index contributed by atoms with van der Waals surface area (Å²) in [5, 5.41) is 0.687. The lowest BCUT2D eigenvalue weighted by atomic mass is 9.96. The van der Waals surface area contributed by atoms with E-state index in [0.29, 0.717) is 31.3 Å². The summed E-state index contributed by atoms with van der Waals surface area (Å²) in [6, 6.07) is 7.53. The van der Waals surface area contributed by atoms with Crippen molar-refractivity contribution in [1.29, 1.82) is 0 Å². The molecule has 0 radical (unpaired) electrons. The van der Waals surface area contributed by atoms with Crippen molar-refractivity contribution in [3.8, 4) is 0 Å². The Balaban J connectivity index is 2.38. The Kier molecular flexibility index (Phi) is 5.00. The number of halogens is 1. The van der Waals surface area contributed by atoms with Crippen LogP contribution >= 0.6 is 11.6 Å². The van der Waals surface area contributed by atoms with Crippen LogP contribution in [0, 0.1) is 0 Å². The number of ether oxygens (including phenoxy) is 2. The van der Waals surface area contributed by atoms with Crippen LogP contribution in [0.4, 0.5) is 0 Å². The van der Waals surface area contributed by atoms with Crippen molar-refractivity contribution in [2.24, 2.45) is 0 Å². The first-order chi connectivity index (χ1) is 9.22. The quantitative estimate of drug-likeness (QED) is 0.796. The van der Waals surface area contributed by atoms with Crippen LogP contribution in [0.2, 0.25) is 5.02 Å². The standard InChI is InChI=1S/C15H17ClO3/c1-2-19-15(17)14-8-10-18-9-7-13(14)11-3-5-12(16)6-4-11/h3-6H,2,7-10H2,1H3. The third-order valence-corrected chi connectivity index (χ3v) is 3.32. The van der Waals surface area contributed by atoms with Crippen molar-refractivity contribution in [3.63, 3.8) is 0 Å². The molecule has 4 heteroatoms. The highest BCUT2D eigenvalue weighted by molar-refractivity contribution is 6.30. The van der Waals surface area contributed by atoms with Crippen molar-refractivity contribution in [3.05, 3.63) is 40.4 Å². The van der Waals surface area contributed by atoms with Crippen LogP contribution in [0.25, 0.3) is 5.57 Å². The van der Waals surface area contributed by atoms with Gasteiger partial charge >= 0.3 is 5.97 Å². The van der Waals surface area contributed by atoms with E-state index in [1.54, 1.807) is 0 Å². The van der Waals surface area contributed by atoms with Gasteiger partial charge in [-0.25, -0.2) is 4.79 Å². The summed E-state index contributed by atoms with van der Waals surface area (Å²) in [6.07, 6.45) is 1.31. The normalized spacial score (nSPS) is 16.1. The fourth-order valence-corrected chi connectivity index (χ4v) is 2.29. The molecule has 1 heterocycles. The predicted octanol–water partition coefficient (Wildman–Crippen LogP) is 3.47. The molecule has 0 unspecified atom stereocenters. The van der Waals surface area contributed by atoms with Crippen LogP contribution in [0.5, 0.6) is 0 Å². The highest BCUT2D eigenvalue weighted by atomic mass is 35.5. The van der Waals surface area contributed by atoms with E-state index in [4.69, 9.17) is 21.1 Å². The highest BCUT2D eigenvalue weighted by Gasteiger charge is 2.20. The topological polar surface area (TPSA) is 35.5 Å². The maximum atomic E-state index is 12.0. The average Bonchev–Trinajstić information content (AvgIpc) is 2.65. The third kappa shape index (κ3) is 3.58. The molecule has 0 aliphatic carbocycles. The number of hydrogen-bond acceptors (Lipinski definition) is 3. The van der Waals surface area contributed by atoms with Crippen molar-refractivity contribution >= 4 is 23.1 Å². The summed E-state index contributed by atoms with van der Waals surface area (Å²) >= 11 is 5.90. The molecule has 0 spiro atoms. The average molecular weight is 281 g/mol. The van der Waals surface area contributed by atoms with Gasteiger partial charge in [-0.1, -0.05) is 23.7 Å². The number of carbonyl (C=O) groups is 1. The van der Waals surface area contributed by atoms with E-state index in [-0.39, 0.29) is 5.97 Å². The number of rotatable bonds is 3. The second-order valence-corrected chi connectivity index (χ2v) is 4.73. The van der Waals surface area contributed by atoms with E-state index >= 15 is 0 Å². The number of benzene rings is 1. The van der Waals surface area contributed by atoms with Gasteiger partial charge in [0.2, 0.25) is 0 Å². The minimum atomic E-state index is -0.238. The van der Waals surface area contributed by atoms with E-state index in [0.717, 1.165) is 23.1 Å². The molecule has 0 atom stereocenters. The molecule has 0 aromatic heterocycles. The number of hydrogen-bond donors (Lipinski definition) is 0. The van der Waals surface area contributed by atoms with Gasteiger partial charge in [0.25, 0.3) is 0 Å². The highest BCUT2D eigenvalue weighted by Crippen LogP contribution is 2.28. The summed E-state index contributed by atoms with van der Waals surface area (Å²) in [6.45, 7) is 3.39. The predicted molar refractivity (Wildman–Crippen MR) is 75.1 cm³/mol. The monoisotopic (exact) mass is 280 g/mol. The molecule has 1 aliphatic rings. The van der Waals surface area contributed by atoms with Gasteiger partial charge in [-0.3, -0.25) is 0 Å². The van der Waals surface area contributed by atoms with Crippen LogP contribution in [0.3, 0.4) is 0 Å². The molecule has 0 saturated carbocycles. The molecule has 102 valence electrons. The zero-order valence-corrected chi connectivity index (χ0v) is 11.7. The van der Waals surface area contributed by atoms with E-state index < -0.39 is 0 Å². The zero-order chi connectivity index (χ0) is 13.7. The first-order valence-electron chi connectivity index (χ1n) is 6.45. The Bertz CT molecular complexity index is 477. The molecule has 1 aromatic rings. The van der Waals surface area contributed by atoms with E-state index in [9.17, 15) is 4.79 Å². The van der Waals surface area contributed by atoms with Crippen LogP contribution in [-0.2, 0) is 14.3 Å². The van der Waals surface area contributed by atoms with Gasteiger partial charge in [0.05, 0.1) is 19.8 Å². The van der Waals surface area contributed by atoms with Gasteiger partial charge in [-0.2, -0.15) is 0 Å². The SMILES string of the molecule is CCOC(=O)C1=C(c2ccc(Cl)cc2)CCOCC1. The Morgan fingerprint density at radius 2 is 1.95 bits per heavy atom. The summed E-state index contributed by atoms with van der Waals surface area (Å²) in [7, 11) is 0. The van der Waals surface area contributed by atoms with E-state index in [1.807, 2.05) is 31.2 Å². The van der Waals surface area contributed by atoms with Crippen molar-refractivity contribution in [2.75, 3.05) is 19.8 Å². The van der Waals surface area contributed by atoms with Crippen LogP contribution in [-0.4, -0.2) is 25.8 Å². The van der Waals surface area contributed by atoms with E-state index in [1.165, 1.54) is 0 Å². The third-order valence-electron chi connectivity index (χ3n) is 3.07. The Morgan fingerprint density at radius 1 is 1.26 bits per heavy atom. The van der Waals surface area contributed by atoms with E-state index in [2.05, 4.69) is 0 Å². The van der Waals surface area contributed by atoms with Gasteiger partial charge in [-0.05, 0) is 36.6 Å². The molecule has 0 bridgehead atoms. The van der Waals surface area contributed by atoms with Gasteiger partial charge in [-0.15, -0.1) is 0 Å². The summed E-state index contributed by atoms with van der Waals surface area (Å²) in [4.78, 5) is 12.0.